The molecule has 0 bridgehead atoms. The lowest BCUT2D eigenvalue weighted by molar-refractivity contribution is -0.174. The molecule has 1 saturated heterocycles. The van der Waals surface area contributed by atoms with Crippen molar-refractivity contribution in [1.29, 1.82) is 0 Å². The van der Waals surface area contributed by atoms with Crippen LogP contribution in [0.5, 0.6) is 0 Å². The summed E-state index contributed by atoms with van der Waals surface area (Å²) in [5.74, 6) is -2.48. The fourth-order valence-corrected chi connectivity index (χ4v) is 2.47. The Morgan fingerprint density at radius 1 is 1.53 bits per heavy atom. The van der Waals surface area contributed by atoms with Gasteiger partial charge in [0.1, 0.15) is 5.60 Å². The van der Waals surface area contributed by atoms with Crippen molar-refractivity contribution in [1.82, 2.24) is 0 Å². The summed E-state index contributed by atoms with van der Waals surface area (Å²) in [5.41, 5.74) is -0.767. The first-order valence-corrected chi connectivity index (χ1v) is 6.04. The zero-order chi connectivity index (χ0) is 12.5. The monoisotopic (exact) mass is 236 g/mol. The summed E-state index contributed by atoms with van der Waals surface area (Å²) in [4.78, 5) is 35.2. The lowest BCUT2D eigenvalue weighted by Crippen LogP contribution is -2.49. The molecule has 0 aromatic heterocycles. The van der Waals surface area contributed by atoms with Gasteiger partial charge in [-0.25, -0.2) is 0 Å². The van der Waals surface area contributed by atoms with Crippen LogP contribution in [-0.4, -0.2) is 23.1 Å². The van der Waals surface area contributed by atoms with E-state index >= 15 is 0 Å². The molecule has 1 aliphatic carbocycles. The van der Waals surface area contributed by atoms with Crippen LogP contribution in [0.25, 0.3) is 0 Å². The Morgan fingerprint density at radius 2 is 2.29 bits per heavy atom. The van der Waals surface area contributed by atoms with Crippen molar-refractivity contribution in [3.05, 3.63) is 12.2 Å². The van der Waals surface area contributed by atoms with Gasteiger partial charge in [0, 0.05) is 6.42 Å². The number of Topliss-reactive ketones (excluding diaryl/α,β-unsaturated/α-hetero) is 2. The summed E-state index contributed by atoms with van der Waals surface area (Å²) in [6, 6.07) is 0. The molecular formula is C13H16O4. The molecule has 0 N–H and O–H groups in total. The normalized spacial score (nSPS) is 32.6. The lowest BCUT2D eigenvalue weighted by atomic mass is 9.79. The first-order valence-electron chi connectivity index (χ1n) is 6.04. The molecule has 1 spiro atoms. The van der Waals surface area contributed by atoms with Gasteiger partial charge in [-0.1, -0.05) is 13.0 Å². The zero-order valence-corrected chi connectivity index (χ0v) is 9.90. The maximum atomic E-state index is 11.9. The molecule has 0 aromatic carbocycles. The average Bonchev–Trinajstić information content (AvgIpc) is 2.28. The van der Waals surface area contributed by atoms with Gasteiger partial charge >= 0.3 is 5.97 Å². The summed E-state index contributed by atoms with van der Waals surface area (Å²) in [6.45, 7) is 1.65. The van der Waals surface area contributed by atoms with Crippen LogP contribution in [0, 0.1) is 5.92 Å². The van der Waals surface area contributed by atoms with E-state index < -0.39 is 17.5 Å². The van der Waals surface area contributed by atoms with Crippen molar-refractivity contribution in [3.63, 3.8) is 0 Å². The predicted octanol–water partition coefficient (Wildman–Crippen LogP) is 1.58. The lowest BCUT2D eigenvalue weighted by Gasteiger charge is -2.37. The van der Waals surface area contributed by atoms with Crippen LogP contribution in [0.1, 0.15) is 39.0 Å². The largest absolute Gasteiger partial charge is 0.453 e. The predicted molar refractivity (Wildman–Crippen MR) is 60.2 cm³/mol. The summed E-state index contributed by atoms with van der Waals surface area (Å²) in [5, 5.41) is 0. The highest BCUT2D eigenvalue weighted by Crippen LogP contribution is 2.35. The van der Waals surface area contributed by atoms with Gasteiger partial charge in [0.25, 0.3) is 0 Å². The van der Waals surface area contributed by atoms with E-state index in [4.69, 9.17) is 4.74 Å². The molecule has 17 heavy (non-hydrogen) atoms. The number of ketones is 2. The Hall–Kier alpha value is -1.45. The van der Waals surface area contributed by atoms with Crippen LogP contribution >= 0.6 is 0 Å². The number of hydrogen-bond acceptors (Lipinski definition) is 4. The molecule has 2 rings (SSSR count). The highest BCUT2D eigenvalue weighted by atomic mass is 16.6. The first kappa shape index (κ1) is 12.0. The van der Waals surface area contributed by atoms with E-state index in [1.807, 2.05) is 6.08 Å². The third kappa shape index (κ3) is 2.16. The van der Waals surface area contributed by atoms with Gasteiger partial charge in [0.15, 0.2) is 17.5 Å². The SMILES string of the molecule is CCC(=O)C1C(=O)CC2(C=CCCC2)OC1=O. The van der Waals surface area contributed by atoms with Gasteiger partial charge in [-0.3, -0.25) is 14.4 Å². The highest BCUT2D eigenvalue weighted by Gasteiger charge is 2.48. The van der Waals surface area contributed by atoms with Crippen LogP contribution in [0.3, 0.4) is 0 Å². The van der Waals surface area contributed by atoms with Crippen molar-refractivity contribution in [2.24, 2.45) is 5.92 Å². The molecular weight excluding hydrogens is 220 g/mol. The maximum Gasteiger partial charge on any atom is 0.325 e. The number of carbonyl (C=O) groups is 3. The Bertz CT molecular complexity index is 376. The Morgan fingerprint density at radius 3 is 2.82 bits per heavy atom. The third-order valence-corrected chi connectivity index (χ3v) is 3.40. The topological polar surface area (TPSA) is 60.4 Å². The van der Waals surface area contributed by atoms with Crippen molar-refractivity contribution < 1.29 is 19.1 Å². The number of ether oxygens (including phenoxy) is 1. The molecule has 4 nitrogen and oxygen atoms in total. The summed E-state index contributed by atoms with van der Waals surface area (Å²) in [7, 11) is 0. The van der Waals surface area contributed by atoms with Crippen molar-refractivity contribution >= 4 is 17.5 Å². The minimum Gasteiger partial charge on any atom is -0.453 e. The van der Waals surface area contributed by atoms with Gasteiger partial charge in [0.2, 0.25) is 0 Å². The number of esters is 1. The number of allylic oxidation sites excluding steroid dienone is 1. The van der Waals surface area contributed by atoms with Crippen molar-refractivity contribution in [3.8, 4) is 0 Å². The molecule has 2 atom stereocenters. The molecule has 0 aromatic rings. The fourth-order valence-electron chi connectivity index (χ4n) is 2.47. The zero-order valence-electron chi connectivity index (χ0n) is 9.90. The maximum absolute atomic E-state index is 11.9. The molecule has 1 heterocycles. The van der Waals surface area contributed by atoms with E-state index in [2.05, 4.69) is 0 Å². The molecule has 2 aliphatic rings. The van der Waals surface area contributed by atoms with E-state index in [0.29, 0.717) is 6.42 Å². The molecule has 0 radical (unpaired) electrons. The molecule has 2 unspecified atom stereocenters. The van der Waals surface area contributed by atoms with Crippen LogP contribution in [-0.2, 0) is 19.1 Å². The Labute approximate surface area is 100 Å². The minimum absolute atomic E-state index is 0.144. The minimum atomic E-state index is -1.18. The molecule has 92 valence electrons. The quantitative estimate of drug-likeness (QED) is 0.415. The molecule has 0 amide bonds. The Kier molecular flexibility index (Phi) is 3.13. The molecule has 0 saturated carbocycles. The second-order valence-corrected chi connectivity index (χ2v) is 4.68. The highest BCUT2D eigenvalue weighted by molar-refractivity contribution is 6.18. The standard InChI is InChI=1S/C13H16O4/c1-2-9(14)11-10(15)8-13(17-12(11)16)6-4-3-5-7-13/h4,6,11H,2-3,5,7-8H2,1H3. The first-order chi connectivity index (χ1) is 8.08. The van der Waals surface area contributed by atoms with E-state index in [1.165, 1.54) is 0 Å². The van der Waals surface area contributed by atoms with Gasteiger partial charge in [0.05, 0.1) is 6.42 Å². The van der Waals surface area contributed by atoms with Crippen LogP contribution in [0.4, 0.5) is 0 Å². The van der Waals surface area contributed by atoms with E-state index in [1.54, 1.807) is 13.0 Å². The summed E-state index contributed by atoms with van der Waals surface area (Å²) in [6.07, 6.45) is 6.60. The van der Waals surface area contributed by atoms with Crippen LogP contribution in [0.15, 0.2) is 12.2 Å². The smallest absolute Gasteiger partial charge is 0.325 e. The number of carbonyl (C=O) groups excluding carboxylic acids is 3. The summed E-state index contributed by atoms with van der Waals surface area (Å²) < 4.78 is 5.35. The number of rotatable bonds is 2. The average molecular weight is 236 g/mol. The molecule has 1 fully saturated rings. The second-order valence-electron chi connectivity index (χ2n) is 4.68. The van der Waals surface area contributed by atoms with E-state index in [0.717, 1.165) is 12.8 Å². The van der Waals surface area contributed by atoms with Gasteiger partial charge in [-0.2, -0.15) is 0 Å². The van der Waals surface area contributed by atoms with Crippen molar-refractivity contribution in [2.45, 2.75) is 44.6 Å². The third-order valence-electron chi connectivity index (χ3n) is 3.40. The van der Waals surface area contributed by atoms with Gasteiger partial charge in [-0.05, 0) is 25.3 Å². The second kappa shape index (κ2) is 4.43. The van der Waals surface area contributed by atoms with Crippen LogP contribution in [0.2, 0.25) is 0 Å². The fraction of sp³-hybridized carbons (Fsp3) is 0.615. The Balaban J connectivity index is 2.20. The number of hydrogen-bond donors (Lipinski definition) is 0. The molecule has 4 heteroatoms. The van der Waals surface area contributed by atoms with E-state index in [9.17, 15) is 14.4 Å². The van der Waals surface area contributed by atoms with Gasteiger partial charge in [-0.15, -0.1) is 0 Å². The molecule has 1 aliphatic heterocycles. The van der Waals surface area contributed by atoms with E-state index in [-0.39, 0.29) is 24.4 Å². The summed E-state index contributed by atoms with van der Waals surface area (Å²) >= 11 is 0. The van der Waals surface area contributed by atoms with Crippen LogP contribution < -0.4 is 0 Å². The van der Waals surface area contributed by atoms with Crippen molar-refractivity contribution in [2.75, 3.05) is 0 Å². The van der Waals surface area contributed by atoms with Gasteiger partial charge < -0.3 is 4.74 Å².